The molecule has 2 heterocycles. The van der Waals surface area contributed by atoms with E-state index in [4.69, 9.17) is 9.47 Å². The average Bonchev–Trinajstić information content (AvgIpc) is 2.48. The summed E-state index contributed by atoms with van der Waals surface area (Å²) in [4.78, 5) is 28.0. The smallest absolute Gasteiger partial charge is 0.343 e. The minimum atomic E-state index is -0.723. The maximum Gasteiger partial charge on any atom is 0.343 e. The number of rotatable bonds is 3. The molecule has 1 aliphatic rings. The number of anilines is 1. The van der Waals surface area contributed by atoms with Crippen LogP contribution in [-0.4, -0.2) is 43.9 Å². The number of ether oxygens (including phenoxy) is 2. The zero-order chi connectivity index (χ0) is 14.5. The zero-order valence-electron chi connectivity index (χ0n) is 11.1. The van der Waals surface area contributed by atoms with Crippen molar-refractivity contribution >= 4 is 11.8 Å². The molecule has 0 amide bonds. The Morgan fingerprint density at radius 3 is 2.85 bits per heavy atom. The summed E-state index contributed by atoms with van der Waals surface area (Å²) in [7, 11) is 0. The molecule has 0 unspecified atom stereocenters. The second-order valence-corrected chi connectivity index (χ2v) is 4.21. The van der Waals surface area contributed by atoms with Gasteiger partial charge in [0.2, 0.25) is 0 Å². The number of aromatic nitrogens is 1. The van der Waals surface area contributed by atoms with Crippen LogP contribution in [0.1, 0.15) is 22.8 Å². The molecule has 0 spiro atoms. The van der Waals surface area contributed by atoms with Gasteiger partial charge in [0, 0.05) is 13.1 Å². The van der Waals surface area contributed by atoms with E-state index in [1.807, 2.05) is 11.0 Å². The van der Waals surface area contributed by atoms with Crippen LogP contribution in [0.15, 0.2) is 10.9 Å². The topological polar surface area (TPSA) is 95.4 Å². The van der Waals surface area contributed by atoms with Gasteiger partial charge in [-0.25, -0.2) is 4.79 Å². The van der Waals surface area contributed by atoms with E-state index in [0.717, 1.165) is 0 Å². The van der Waals surface area contributed by atoms with E-state index in [-0.39, 0.29) is 17.7 Å². The van der Waals surface area contributed by atoms with E-state index >= 15 is 0 Å². The number of morpholine rings is 1. The first-order valence-electron chi connectivity index (χ1n) is 6.34. The van der Waals surface area contributed by atoms with Gasteiger partial charge < -0.3 is 19.4 Å². The summed E-state index contributed by atoms with van der Waals surface area (Å²) < 4.78 is 10.0. The summed E-state index contributed by atoms with van der Waals surface area (Å²) in [6.07, 6.45) is 0. The molecule has 1 saturated heterocycles. The van der Waals surface area contributed by atoms with Crippen molar-refractivity contribution in [3.63, 3.8) is 0 Å². The third kappa shape index (κ3) is 2.81. The van der Waals surface area contributed by atoms with Gasteiger partial charge in [-0.3, -0.25) is 4.79 Å². The van der Waals surface area contributed by atoms with Crippen LogP contribution in [0.25, 0.3) is 0 Å². The summed E-state index contributed by atoms with van der Waals surface area (Å²) in [5, 5.41) is 9.19. The summed E-state index contributed by atoms with van der Waals surface area (Å²) in [6, 6.07) is 3.28. The van der Waals surface area contributed by atoms with E-state index in [9.17, 15) is 14.9 Å². The summed E-state index contributed by atoms with van der Waals surface area (Å²) in [6.45, 7) is 4.07. The molecule has 7 nitrogen and oxygen atoms in total. The largest absolute Gasteiger partial charge is 0.462 e. The molecule has 0 aliphatic carbocycles. The van der Waals surface area contributed by atoms with Crippen LogP contribution >= 0.6 is 0 Å². The number of nitrogens with one attached hydrogen (secondary N) is 1. The van der Waals surface area contributed by atoms with E-state index in [2.05, 4.69) is 4.98 Å². The Hall–Kier alpha value is -2.33. The molecule has 1 N–H and O–H groups in total. The van der Waals surface area contributed by atoms with Crippen LogP contribution in [0.5, 0.6) is 0 Å². The van der Waals surface area contributed by atoms with Crippen molar-refractivity contribution in [3.05, 3.63) is 27.5 Å². The third-order valence-electron chi connectivity index (χ3n) is 2.96. The number of aromatic amines is 1. The van der Waals surface area contributed by atoms with Gasteiger partial charge >= 0.3 is 5.97 Å². The number of hydrogen-bond acceptors (Lipinski definition) is 6. The first-order valence-corrected chi connectivity index (χ1v) is 6.34. The van der Waals surface area contributed by atoms with Crippen LogP contribution in [0.2, 0.25) is 0 Å². The van der Waals surface area contributed by atoms with E-state index in [1.165, 1.54) is 6.07 Å². The van der Waals surface area contributed by atoms with Crippen molar-refractivity contribution in [2.45, 2.75) is 6.92 Å². The average molecular weight is 277 g/mol. The highest BCUT2D eigenvalue weighted by atomic mass is 16.5. The Morgan fingerprint density at radius 1 is 1.55 bits per heavy atom. The molecule has 1 fully saturated rings. The molecule has 0 bridgehead atoms. The van der Waals surface area contributed by atoms with Crippen molar-refractivity contribution < 1.29 is 14.3 Å². The minimum absolute atomic E-state index is 0.152. The molecule has 7 heteroatoms. The van der Waals surface area contributed by atoms with E-state index < -0.39 is 11.5 Å². The maximum absolute atomic E-state index is 11.9. The van der Waals surface area contributed by atoms with Gasteiger partial charge in [-0.1, -0.05) is 0 Å². The molecule has 0 radical (unpaired) electrons. The van der Waals surface area contributed by atoms with Crippen molar-refractivity contribution in [2.24, 2.45) is 0 Å². The Balaban J connectivity index is 2.40. The summed E-state index contributed by atoms with van der Waals surface area (Å²) in [5.41, 5.74) is -0.459. The SMILES string of the molecule is CCOC(=O)c1cc(C#N)c(N2CCOCC2)[nH]c1=O. The number of H-pyrrole nitrogens is 1. The predicted molar refractivity (Wildman–Crippen MR) is 70.8 cm³/mol. The quantitative estimate of drug-likeness (QED) is 0.796. The van der Waals surface area contributed by atoms with Crippen molar-refractivity contribution in [1.82, 2.24) is 4.98 Å². The number of esters is 1. The lowest BCUT2D eigenvalue weighted by atomic mass is 10.2. The van der Waals surface area contributed by atoms with Gasteiger partial charge in [0.05, 0.1) is 25.4 Å². The fourth-order valence-electron chi connectivity index (χ4n) is 2.00. The highest BCUT2D eigenvalue weighted by Crippen LogP contribution is 2.17. The van der Waals surface area contributed by atoms with Crippen molar-refractivity contribution in [3.8, 4) is 6.07 Å². The molecule has 106 valence electrons. The van der Waals surface area contributed by atoms with Gasteiger partial charge in [0.25, 0.3) is 5.56 Å². The highest BCUT2D eigenvalue weighted by molar-refractivity contribution is 5.89. The van der Waals surface area contributed by atoms with Crippen LogP contribution in [0, 0.1) is 11.3 Å². The Morgan fingerprint density at radius 2 is 2.25 bits per heavy atom. The van der Waals surface area contributed by atoms with Crippen LogP contribution in [-0.2, 0) is 9.47 Å². The number of carbonyl (C=O) groups excluding carboxylic acids is 1. The molecule has 2 rings (SSSR count). The number of nitriles is 1. The summed E-state index contributed by atoms with van der Waals surface area (Å²) in [5.74, 6) is -0.298. The predicted octanol–water partition coefficient (Wildman–Crippen LogP) is 0.260. The summed E-state index contributed by atoms with van der Waals surface area (Å²) >= 11 is 0. The maximum atomic E-state index is 11.9. The third-order valence-corrected chi connectivity index (χ3v) is 2.96. The lowest BCUT2D eigenvalue weighted by molar-refractivity contribution is 0.0524. The number of pyridine rings is 1. The van der Waals surface area contributed by atoms with Crippen molar-refractivity contribution in [2.75, 3.05) is 37.8 Å². The van der Waals surface area contributed by atoms with Gasteiger partial charge in [0.1, 0.15) is 17.5 Å². The van der Waals surface area contributed by atoms with Gasteiger partial charge in [0.15, 0.2) is 0 Å². The molecule has 0 saturated carbocycles. The lowest BCUT2D eigenvalue weighted by Gasteiger charge is -2.28. The Labute approximate surface area is 115 Å². The number of carbonyl (C=O) groups is 1. The fraction of sp³-hybridized carbons (Fsp3) is 0.462. The minimum Gasteiger partial charge on any atom is -0.462 e. The molecule has 1 aromatic rings. The van der Waals surface area contributed by atoms with Gasteiger partial charge in [-0.2, -0.15) is 5.26 Å². The fourth-order valence-corrected chi connectivity index (χ4v) is 2.00. The highest BCUT2D eigenvalue weighted by Gasteiger charge is 2.20. The van der Waals surface area contributed by atoms with Gasteiger partial charge in [-0.15, -0.1) is 0 Å². The van der Waals surface area contributed by atoms with Gasteiger partial charge in [-0.05, 0) is 13.0 Å². The number of hydrogen-bond donors (Lipinski definition) is 1. The second-order valence-electron chi connectivity index (χ2n) is 4.21. The van der Waals surface area contributed by atoms with Crippen molar-refractivity contribution in [1.29, 1.82) is 5.26 Å². The van der Waals surface area contributed by atoms with E-state index in [1.54, 1.807) is 6.92 Å². The molecule has 0 atom stereocenters. The number of nitrogens with zero attached hydrogens (tertiary/aromatic N) is 2. The normalized spacial score (nSPS) is 14.7. The first kappa shape index (κ1) is 14.1. The molecule has 0 aromatic carbocycles. The molecule has 1 aliphatic heterocycles. The monoisotopic (exact) mass is 277 g/mol. The first-order chi connectivity index (χ1) is 9.67. The molecule has 1 aromatic heterocycles. The van der Waals surface area contributed by atoms with Crippen LogP contribution in [0.4, 0.5) is 5.82 Å². The lowest BCUT2D eigenvalue weighted by Crippen LogP contribution is -2.38. The van der Waals surface area contributed by atoms with Crippen LogP contribution < -0.4 is 10.5 Å². The van der Waals surface area contributed by atoms with Crippen LogP contribution in [0.3, 0.4) is 0 Å². The Kier molecular flexibility index (Phi) is 4.38. The Bertz CT molecular complexity index is 597. The second kappa shape index (κ2) is 6.21. The van der Waals surface area contributed by atoms with E-state index in [0.29, 0.717) is 32.1 Å². The molecular formula is C13H15N3O4. The zero-order valence-corrected chi connectivity index (χ0v) is 11.1. The standard InChI is InChI=1S/C13H15N3O4/c1-2-20-13(18)10-7-9(8-14)11(15-12(10)17)16-3-5-19-6-4-16/h7H,2-6H2,1H3,(H,15,17). The molecule has 20 heavy (non-hydrogen) atoms. The molecular weight excluding hydrogens is 262 g/mol.